The highest BCUT2D eigenvalue weighted by molar-refractivity contribution is 7.89. The number of aromatic nitrogens is 4. The lowest BCUT2D eigenvalue weighted by atomic mass is 10.4. The van der Waals surface area contributed by atoms with E-state index in [9.17, 15) is 8.42 Å². The van der Waals surface area contributed by atoms with E-state index in [1.165, 1.54) is 18.6 Å². The highest BCUT2D eigenvalue weighted by Gasteiger charge is 2.14. The van der Waals surface area contributed by atoms with Crippen LogP contribution >= 0.6 is 0 Å². The van der Waals surface area contributed by atoms with Crippen molar-refractivity contribution in [3.05, 3.63) is 36.5 Å². The summed E-state index contributed by atoms with van der Waals surface area (Å²) >= 11 is 0. The van der Waals surface area contributed by atoms with Crippen LogP contribution in [0, 0.1) is 0 Å². The Morgan fingerprint density at radius 2 is 2.19 bits per heavy atom. The Hall–Kier alpha value is -1.80. The Morgan fingerprint density at radius 3 is 2.81 bits per heavy atom. The highest BCUT2D eigenvalue weighted by Crippen LogP contribution is 2.03. The molecule has 0 aliphatic carbocycles. The van der Waals surface area contributed by atoms with Gasteiger partial charge >= 0.3 is 0 Å². The number of aromatic amines is 1. The van der Waals surface area contributed by atoms with Crippen molar-refractivity contribution in [2.75, 3.05) is 0 Å². The minimum atomic E-state index is -3.54. The molecule has 0 aliphatic heterocycles. The van der Waals surface area contributed by atoms with Gasteiger partial charge in [0, 0.05) is 6.20 Å². The van der Waals surface area contributed by atoms with Crippen molar-refractivity contribution in [3.63, 3.8) is 0 Å². The zero-order valence-electron chi connectivity index (χ0n) is 8.16. The van der Waals surface area contributed by atoms with E-state index in [1.54, 1.807) is 12.3 Å². The first-order valence-corrected chi connectivity index (χ1v) is 5.91. The van der Waals surface area contributed by atoms with Crippen LogP contribution in [-0.4, -0.2) is 28.6 Å². The molecular weight excluding hydrogens is 230 g/mol. The first-order valence-electron chi connectivity index (χ1n) is 4.42. The molecule has 8 heteroatoms. The van der Waals surface area contributed by atoms with Crippen LogP contribution in [0.25, 0.3) is 0 Å². The number of rotatable bonds is 4. The standard InChI is InChI=1S/C8H9N5O2S/c14-16(15,8-2-4-11-13-8)12-5-7-1-3-9-6-10-7/h1-4,6,12H,5H2,(H,11,13). The topological polar surface area (TPSA) is 101 Å². The van der Waals surface area contributed by atoms with Crippen LogP contribution in [0.15, 0.2) is 35.9 Å². The van der Waals surface area contributed by atoms with Gasteiger partial charge in [0.2, 0.25) is 0 Å². The van der Waals surface area contributed by atoms with Crippen LogP contribution in [0.2, 0.25) is 0 Å². The number of nitrogens with zero attached hydrogens (tertiary/aromatic N) is 3. The molecule has 2 heterocycles. The second-order valence-corrected chi connectivity index (χ2v) is 4.68. The second-order valence-electron chi connectivity index (χ2n) is 2.95. The summed E-state index contributed by atoms with van der Waals surface area (Å²) in [6, 6.07) is 3.01. The number of nitrogens with one attached hydrogen (secondary N) is 2. The van der Waals surface area contributed by atoms with Crippen molar-refractivity contribution < 1.29 is 8.42 Å². The molecule has 0 aliphatic rings. The summed E-state index contributed by atoms with van der Waals surface area (Å²) in [7, 11) is -3.54. The molecule has 0 amide bonds. The van der Waals surface area contributed by atoms with Crippen molar-refractivity contribution in [1.29, 1.82) is 0 Å². The third-order valence-corrected chi connectivity index (χ3v) is 3.18. The summed E-state index contributed by atoms with van der Waals surface area (Å²) in [6.07, 6.45) is 4.28. The number of H-pyrrole nitrogens is 1. The van der Waals surface area contributed by atoms with E-state index >= 15 is 0 Å². The summed E-state index contributed by atoms with van der Waals surface area (Å²) in [5, 5.41) is 5.98. The van der Waals surface area contributed by atoms with Crippen molar-refractivity contribution in [3.8, 4) is 0 Å². The van der Waals surface area contributed by atoms with E-state index in [4.69, 9.17) is 0 Å². The molecule has 2 N–H and O–H groups in total. The van der Waals surface area contributed by atoms with Gasteiger partial charge in [0.05, 0.1) is 18.4 Å². The normalized spacial score (nSPS) is 11.5. The van der Waals surface area contributed by atoms with E-state index in [1.807, 2.05) is 0 Å². The van der Waals surface area contributed by atoms with Crippen LogP contribution < -0.4 is 4.72 Å². The van der Waals surface area contributed by atoms with Crippen molar-refractivity contribution in [2.24, 2.45) is 0 Å². The fraction of sp³-hybridized carbons (Fsp3) is 0.125. The first kappa shape index (κ1) is 10.7. The SMILES string of the molecule is O=S(=O)(NCc1ccncn1)c1ccn[nH]1. The van der Waals surface area contributed by atoms with Gasteiger partial charge in [-0.25, -0.2) is 23.1 Å². The predicted octanol–water partition coefficient (Wildman–Crippen LogP) is -0.322. The zero-order chi connectivity index (χ0) is 11.4. The van der Waals surface area contributed by atoms with Gasteiger partial charge in [-0.1, -0.05) is 0 Å². The van der Waals surface area contributed by atoms with E-state index in [0.29, 0.717) is 5.69 Å². The predicted molar refractivity (Wildman–Crippen MR) is 54.6 cm³/mol. The maximum atomic E-state index is 11.6. The molecule has 7 nitrogen and oxygen atoms in total. The van der Waals surface area contributed by atoms with Gasteiger partial charge in [-0.2, -0.15) is 5.10 Å². The Labute approximate surface area is 92.0 Å². The molecule has 0 saturated carbocycles. The second kappa shape index (κ2) is 4.37. The third kappa shape index (κ3) is 2.41. The van der Waals surface area contributed by atoms with Crippen LogP contribution in [0.5, 0.6) is 0 Å². The number of sulfonamides is 1. The minimum absolute atomic E-state index is 0.0292. The Kier molecular flexibility index (Phi) is 2.93. The zero-order valence-corrected chi connectivity index (χ0v) is 8.98. The summed E-state index contributed by atoms with van der Waals surface area (Å²) in [6.45, 7) is 0.115. The van der Waals surface area contributed by atoms with Gasteiger partial charge in [-0.05, 0) is 12.1 Å². The molecule has 0 unspecified atom stereocenters. The van der Waals surface area contributed by atoms with Gasteiger partial charge in [-0.3, -0.25) is 5.10 Å². The van der Waals surface area contributed by atoms with Crippen LogP contribution in [0.1, 0.15) is 5.69 Å². The fourth-order valence-electron chi connectivity index (χ4n) is 1.06. The molecule has 16 heavy (non-hydrogen) atoms. The molecule has 0 radical (unpaired) electrons. The smallest absolute Gasteiger partial charge is 0.257 e. The average molecular weight is 239 g/mol. The van der Waals surface area contributed by atoms with E-state index < -0.39 is 10.0 Å². The van der Waals surface area contributed by atoms with Crippen molar-refractivity contribution in [2.45, 2.75) is 11.6 Å². The summed E-state index contributed by atoms with van der Waals surface area (Å²) in [4.78, 5) is 7.63. The fourth-order valence-corrected chi connectivity index (χ4v) is 1.97. The Morgan fingerprint density at radius 1 is 1.31 bits per heavy atom. The minimum Gasteiger partial charge on any atom is -0.266 e. The Bertz CT molecular complexity index is 537. The molecule has 84 valence electrons. The molecule has 2 aromatic rings. The average Bonchev–Trinajstić information content (AvgIpc) is 2.82. The lowest BCUT2D eigenvalue weighted by Crippen LogP contribution is -2.24. The molecular formula is C8H9N5O2S. The maximum Gasteiger partial charge on any atom is 0.257 e. The molecule has 0 atom stereocenters. The van der Waals surface area contributed by atoms with Gasteiger partial charge in [0.25, 0.3) is 10.0 Å². The molecule has 2 rings (SSSR count). The lowest BCUT2D eigenvalue weighted by Gasteiger charge is -2.03. The first-order chi connectivity index (χ1) is 7.68. The van der Waals surface area contributed by atoms with E-state index in [2.05, 4.69) is 24.9 Å². The molecule has 0 bridgehead atoms. The van der Waals surface area contributed by atoms with Crippen LogP contribution in [0.4, 0.5) is 0 Å². The molecule has 0 spiro atoms. The van der Waals surface area contributed by atoms with Gasteiger partial charge < -0.3 is 0 Å². The monoisotopic (exact) mass is 239 g/mol. The van der Waals surface area contributed by atoms with Crippen molar-refractivity contribution >= 4 is 10.0 Å². The quantitative estimate of drug-likeness (QED) is 0.761. The highest BCUT2D eigenvalue weighted by atomic mass is 32.2. The Balaban J connectivity index is 2.07. The number of hydrogen-bond donors (Lipinski definition) is 2. The molecule has 2 aromatic heterocycles. The number of hydrogen-bond acceptors (Lipinski definition) is 5. The lowest BCUT2D eigenvalue weighted by molar-refractivity contribution is 0.576. The van der Waals surface area contributed by atoms with E-state index in [-0.39, 0.29) is 11.6 Å². The summed E-state index contributed by atoms with van der Waals surface area (Å²) in [5.41, 5.74) is 0.595. The van der Waals surface area contributed by atoms with Gasteiger partial charge in [-0.15, -0.1) is 0 Å². The molecule has 0 fully saturated rings. The largest absolute Gasteiger partial charge is 0.266 e. The summed E-state index contributed by atoms with van der Waals surface area (Å²) < 4.78 is 25.7. The molecule has 0 aromatic carbocycles. The molecule has 0 saturated heterocycles. The van der Waals surface area contributed by atoms with Crippen LogP contribution in [0.3, 0.4) is 0 Å². The van der Waals surface area contributed by atoms with Crippen LogP contribution in [-0.2, 0) is 16.6 Å². The maximum absolute atomic E-state index is 11.6. The van der Waals surface area contributed by atoms with Gasteiger partial charge in [0.15, 0.2) is 5.03 Å². The van der Waals surface area contributed by atoms with E-state index in [0.717, 1.165) is 0 Å². The summed E-state index contributed by atoms with van der Waals surface area (Å²) in [5.74, 6) is 0. The third-order valence-electron chi connectivity index (χ3n) is 1.85. The van der Waals surface area contributed by atoms with Crippen molar-refractivity contribution in [1.82, 2.24) is 24.9 Å². The van der Waals surface area contributed by atoms with Gasteiger partial charge in [0.1, 0.15) is 6.33 Å².